The van der Waals surface area contributed by atoms with Gasteiger partial charge in [-0.2, -0.15) is 10.2 Å². The Bertz CT molecular complexity index is 821. The monoisotopic (exact) mass is 310 g/mol. The number of nitrogens with zero attached hydrogens (tertiary/aromatic N) is 2. The first kappa shape index (κ1) is 14.6. The number of furan rings is 1. The number of benzene rings is 1. The van der Waals surface area contributed by atoms with E-state index in [1.54, 1.807) is 31.6 Å². The number of amides is 1. The highest BCUT2D eigenvalue weighted by molar-refractivity contribution is 5.94. The Morgan fingerprint density at radius 2 is 2.22 bits per heavy atom. The van der Waals surface area contributed by atoms with Gasteiger partial charge in [-0.25, -0.2) is 5.43 Å². The van der Waals surface area contributed by atoms with Crippen molar-refractivity contribution in [3.05, 3.63) is 60.0 Å². The van der Waals surface area contributed by atoms with Crippen LogP contribution in [-0.2, 0) is 0 Å². The van der Waals surface area contributed by atoms with Crippen LogP contribution in [0.1, 0.15) is 16.1 Å². The van der Waals surface area contributed by atoms with Crippen LogP contribution in [0.15, 0.2) is 58.2 Å². The van der Waals surface area contributed by atoms with Gasteiger partial charge in [-0.3, -0.25) is 9.89 Å². The molecule has 0 fully saturated rings. The molecule has 0 aliphatic heterocycles. The molecular formula is C16H14N4O3. The Morgan fingerprint density at radius 1 is 1.35 bits per heavy atom. The third-order valence-corrected chi connectivity index (χ3v) is 3.11. The molecule has 0 unspecified atom stereocenters. The molecule has 0 radical (unpaired) electrons. The van der Waals surface area contributed by atoms with Gasteiger partial charge >= 0.3 is 0 Å². The number of hydrogen-bond acceptors (Lipinski definition) is 5. The SMILES string of the molecule is COc1ccccc1C=NNC(=O)c1cc(-c2ccco2)[nH]n1. The van der Waals surface area contributed by atoms with Crippen LogP contribution in [0, 0.1) is 0 Å². The molecule has 0 aliphatic rings. The Balaban J connectivity index is 1.67. The van der Waals surface area contributed by atoms with Gasteiger partial charge in [0.1, 0.15) is 11.4 Å². The van der Waals surface area contributed by atoms with E-state index in [1.165, 1.54) is 6.21 Å². The Morgan fingerprint density at radius 3 is 3.00 bits per heavy atom. The van der Waals surface area contributed by atoms with Crippen LogP contribution >= 0.6 is 0 Å². The summed E-state index contributed by atoms with van der Waals surface area (Å²) in [4.78, 5) is 12.0. The highest BCUT2D eigenvalue weighted by Gasteiger charge is 2.12. The van der Waals surface area contributed by atoms with E-state index in [0.717, 1.165) is 5.56 Å². The quantitative estimate of drug-likeness (QED) is 0.559. The Kier molecular flexibility index (Phi) is 4.19. The molecule has 3 rings (SSSR count). The number of para-hydroxylation sites is 1. The smallest absolute Gasteiger partial charge is 0.291 e. The number of ether oxygens (including phenoxy) is 1. The average Bonchev–Trinajstić information content (AvgIpc) is 3.26. The van der Waals surface area contributed by atoms with E-state index in [1.807, 2.05) is 24.3 Å². The van der Waals surface area contributed by atoms with Crippen molar-refractivity contribution in [2.75, 3.05) is 7.11 Å². The number of carbonyl (C=O) groups is 1. The molecule has 2 N–H and O–H groups in total. The summed E-state index contributed by atoms with van der Waals surface area (Å²) in [5.74, 6) is 0.852. The third kappa shape index (κ3) is 3.29. The van der Waals surface area contributed by atoms with Gasteiger partial charge in [0.2, 0.25) is 0 Å². The molecule has 0 saturated heterocycles. The van der Waals surface area contributed by atoms with Crippen LogP contribution < -0.4 is 10.2 Å². The molecule has 1 amide bonds. The van der Waals surface area contributed by atoms with Crippen LogP contribution in [0.25, 0.3) is 11.5 Å². The number of hydrazone groups is 1. The predicted molar refractivity (Wildman–Crippen MR) is 84.3 cm³/mol. The summed E-state index contributed by atoms with van der Waals surface area (Å²) >= 11 is 0. The maximum Gasteiger partial charge on any atom is 0.291 e. The summed E-state index contributed by atoms with van der Waals surface area (Å²) in [7, 11) is 1.57. The number of aromatic amines is 1. The summed E-state index contributed by atoms with van der Waals surface area (Å²) in [5.41, 5.74) is 4.01. The van der Waals surface area contributed by atoms with Crippen LogP contribution in [0.3, 0.4) is 0 Å². The van der Waals surface area contributed by atoms with Crippen molar-refractivity contribution in [1.29, 1.82) is 0 Å². The van der Waals surface area contributed by atoms with Gasteiger partial charge in [-0.15, -0.1) is 0 Å². The summed E-state index contributed by atoms with van der Waals surface area (Å²) < 4.78 is 10.4. The summed E-state index contributed by atoms with van der Waals surface area (Å²) in [6.45, 7) is 0. The topological polar surface area (TPSA) is 92.5 Å². The lowest BCUT2D eigenvalue weighted by molar-refractivity contribution is 0.0950. The normalized spacial score (nSPS) is 10.8. The summed E-state index contributed by atoms with van der Waals surface area (Å²) in [6, 6.07) is 12.5. The molecule has 1 aromatic carbocycles. The lowest BCUT2D eigenvalue weighted by atomic mass is 10.2. The zero-order valence-corrected chi connectivity index (χ0v) is 12.3. The number of hydrogen-bond donors (Lipinski definition) is 2. The Hall–Kier alpha value is -3.35. The number of nitrogens with one attached hydrogen (secondary N) is 2. The van der Waals surface area contributed by atoms with E-state index in [0.29, 0.717) is 17.2 Å². The largest absolute Gasteiger partial charge is 0.496 e. The van der Waals surface area contributed by atoms with Gasteiger partial charge < -0.3 is 9.15 Å². The fraction of sp³-hybridized carbons (Fsp3) is 0.0625. The van der Waals surface area contributed by atoms with Crippen LogP contribution in [0.2, 0.25) is 0 Å². The fourth-order valence-corrected chi connectivity index (χ4v) is 1.99. The van der Waals surface area contributed by atoms with Crippen molar-refractivity contribution in [2.45, 2.75) is 0 Å². The fourth-order valence-electron chi connectivity index (χ4n) is 1.99. The standard InChI is InChI=1S/C16H14N4O3/c1-22-14-6-3-2-5-11(14)10-17-20-16(21)13-9-12(18-19-13)15-7-4-8-23-15/h2-10H,1H3,(H,18,19)(H,20,21). The van der Waals surface area contributed by atoms with E-state index in [4.69, 9.17) is 9.15 Å². The van der Waals surface area contributed by atoms with Gasteiger partial charge in [-0.05, 0) is 24.3 Å². The zero-order chi connectivity index (χ0) is 16.1. The lowest BCUT2D eigenvalue weighted by Crippen LogP contribution is -2.18. The molecule has 0 bridgehead atoms. The first-order chi connectivity index (χ1) is 11.3. The van der Waals surface area contributed by atoms with Gasteiger partial charge in [-0.1, -0.05) is 12.1 Å². The maximum absolute atomic E-state index is 12.0. The number of rotatable bonds is 5. The van der Waals surface area contributed by atoms with Crippen molar-refractivity contribution in [1.82, 2.24) is 15.6 Å². The van der Waals surface area contributed by atoms with E-state index >= 15 is 0 Å². The molecule has 116 valence electrons. The molecule has 0 spiro atoms. The minimum atomic E-state index is -0.426. The molecule has 3 aromatic rings. The number of methoxy groups -OCH3 is 1. The first-order valence-corrected chi connectivity index (χ1v) is 6.83. The van der Waals surface area contributed by atoms with Crippen molar-refractivity contribution >= 4 is 12.1 Å². The molecule has 0 saturated carbocycles. The molecular weight excluding hydrogens is 296 g/mol. The van der Waals surface area contributed by atoms with Crippen molar-refractivity contribution in [3.8, 4) is 17.2 Å². The molecule has 7 heteroatoms. The molecule has 0 atom stereocenters. The van der Waals surface area contributed by atoms with E-state index in [2.05, 4.69) is 20.7 Å². The number of aromatic nitrogens is 2. The summed E-state index contributed by atoms with van der Waals surface area (Å²) in [5, 5.41) is 10.6. The third-order valence-electron chi connectivity index (χ3n) is 3.11. The van der Waals surface area contributed by atoms with Gasteiger partial charge in [0.15, 0.2) is 11.5 Å². The predicted octanol–water partition coefficient (Wildman–Crippen LogP) is 2.44. The lowest BCUT2D eigenvalue weighted by Gasteiger charge is -2.02. The maximum atomic E-state index is 12.0. The number of carbonyl (C=O) groups excluding carboxylic acids is 1. The van der Waals surface area contributed by atoms with Crippen molar-refractivity contribution < 1.29 is 13.9 Å². The Labute approximate surface area is 132 Å². The van der Waals surface area contributed by atoms with E-state index in [9.17, 15) is 4.79 Å². The van der Waals surface area contributed by atoms with Crippen molar-refractivity contribution in [2.24, 2.45) is 5.10 Å². The molecule has 7 nitrogen and oxygen atoms in total. The summed E-state index contributed by atoms with van der Waals surface area (Å²) in [6.07, 6.45) is 3.06. The molecule has 0 aliphatic carbocycles. The highest BCUT2D eigenvalue weighted by Crippen LogP contribution is 2.17. The van der Waals surface area contributed by atoms with Crippen LogP contribution in [-0.4, -0.2) is 29.4 Å². The second-order valence-electron chi connectivity index (χ2n) is 4.59. The van der Waals surface area contributed by atoms with Crippen LogP contribution in [0.5, 0.6) is 5.75 Å². The zero-order valence-electron chi connectivity index (χ0n) is 12.3. The van der Waals surface area contributed by atoms with E-state index < -0.39 is 5.91 Å². The molecule has 2 heterocycles. The highest BCUT2D eigenvalue weighted by atomic mass is 16.5. The van der Waals surface area contributed by atoms with Crippen molar-refractivity contribution in [3.63, 3.8) is 0 Å². The second-order valence-corrected chi connectivity index (χ2v) is 4.59. The van der Waals surface area contributed by atoms with Crippen LogP contribution in [0.4, 0.5) is 0 Å². The minimum absolute atomic E-state index is 0.216. The van der Waals surface area contributed by atoms with E-state index in [-0.39, 0.29) is 5.69 Å². The second kappa shape index (κ2) is 6.61. The van der Waals surface area contributed by atoms with Gasteiger partial charge in [0, 0.05) is 11.6 Å². The number of H-pyrrole nitrogens is 1. The average molecular weight is 310 g/mol. The molecule has 2 aromatic heterocycles. The minimum Gasteiger partial charge on any atom is -0.496 e. The first-order valence-electron chi connectivity index (χ1n) is 6.83. The van der Waals surface area contributed by atoms with Gasteiger partial charge in [0.05, 0.1) is 19.6 Å². The van der Waals surface area contributed by atoms with Gasteiger partial charge in [0.25, 0.3) is 5.91 Å². The molecule has 23 heavy (non-hydrogen) atoms.